The third-order valence-corrected chi connectivity index (χ3v) is 3.78. The van der Waals surface area contributed by atoms with E-state index in [1.807, 2.05) is 31.2 Å². The zero-order valence-electron chi connectivity index (χ0n) is 12.9. The molecule has 0 aliphatic heterocycles. The van der Waals surface area contributed by atoms with Gasteiger partial charge in [0.1, 0.15) is 11.9 Å². The summed E-state index contributed by atoms with van der Waals surface area (Å²) in [6.45, 7) is 2.01. The molecule has 0 saturated heterocycles. The maximum absolute atomic E-state index is 13.8. The second kappa shape index (κ2) is 6.22. The Labute approximate surface area is 133 Å². The van der Waals surface area contributed by atoms with Gasteiger partial charge in [-0.1, -0.05) is 30.3 Å². The number of nitrogens with zero attached hydrogens (tertiary/aromatic N) is 1. The van der Waals surface area contributed by atoms with Crippen molar-refractivity contribution in [1.29, 1.82) is 0 Å². The van der Waals surface area contributed by atoms with Gasteiger partial charge in [-0.3, -0.25) is 0 Å². The Morgan fingerprint density at radius 2 is 2.00 bits per heavy atom. The molecule has 4 nitrogen and oxygen atoms in total. The van der Waals surface area contributed by atoms with E-state index in [1.165, 1.54) is 19.2 Å². The summed E-state index contributed by atoms with van der Waals surface area (Å²) in [6.07, 6.45) is 0.633. The van der Waals surface area contributed by atoms with Crippen molar-refractivity contribution in [3.63, 3.8) is 0 Å². The zero-order chi connectivity index (χ0) is 16.4. The highest BCUT2D eigenvalue weighted by molar-refractivity contribution is 5.62. The standard InChI is InChI=1S/C18H17FN2O2/c1-11-5-3-4-6-13(11)15-10-20-18(21-15)17(22)12-7-8-16(23-2)14(19)9-12/h3-10,17,22H,1-2H3,(H,20,21). The Morgan fingerprint density at radius 3 is 2.70 bits per heavy atom. The highest BCUT2D eigenvalue weighted by Crippen LogP contribution is 2.27. The van der Waals surface area contributed by atoms with Crippen LogP contribution in [0.4, 0.5) is 4.39 Å². The molecular weight excluding hydrogens is 295 g/mol. The smallest absolute Gasteiger partial charge is 0.165 e. The summed E-state index contributed by atoms with van der Waals surface area (Å²) in [5, 5.41) is 10.4. The minimum Gasteiger partial charge on any atom is -0.494 e. The molecule has 2 N–H and O–H groups in total. The number of halogens is 1. The largest absolute Gasteiger partial charge is 0.494 e. The Morgan fingerprint density at radius 1 is 1.22 bits per heavy atom. The van der Waals surface area contributed by atoms with E-state index in [4.69, 9.17) is 4.74 Å². The van der Waals surface area contributed by atoms with E-state index in [2.05, 4.69) is 9.97 Å². The first-order valence-corrected chi connectivity index (χ1v) is 7.22. The third kappa shape index (κ3) is 2.96. The fraction of sp³-hybridized carbons (Fsp3) is 0.167. The normalized spacial score (nSPS) is 12.2. The molecular formula is C18H17FN2O2. The number of benzene rings is 2. The van der Waals surface area contributed by atoms with Crippen molar-refractivity contribution in [3.8, 4) is 17.0 Å². The summed E-state index contributed by atoms with van der Waals surface area (Å²) < 4.78 is 18.7. The van der Waals surface area contributed by atoms with E-state index >= 15 is 0 Å². The van der Waals surface area contributed by atoms with Gasteiger partial charge >= 0.3 is 0 Å². The fourth-order valence-electron chi connectivity index (χ4n) is 2.50. The Bertz CT molecular complexity index is 829. The molecule has 23 heavy (non-hydrogen) atoms. The van der Waals surface area contributed by atoms with E-state index in [9.17, 15) is 9.50 Å². The SMILES string of the molecule is COc1ccc(C(O)c2ncc(-c3ccccc3C)[nH]2)cc1F. The summed E-state index contributed by atoms with van der Waals surface area (Å²) in [5.41, 5.74) is 3.34. The molecule has 0 spiro atoms. The summed E-state index contributed by atoms with van der Waals surface area (Å²) in [4.78, 5) is 7.32. The summed E-state index contributed by atoms with van der Waals surface area (Å²) in [6, 6.07) is 12.2. The summed E-state index contributed by atoms with van der Waals surface area (Å²) in [5.74, 6) is -0.0106. The predicted molar refractivity (Wildman–Crippen MR) is 85.8 cm³/mol. The minimum atomic E-state index is -1.03. The molecule has 0 aliphatic carbocycles. The zero-order valence-corrected chi connectivity index (χ0v) is 12.9. The molecule has 0 bridgehead atoms. The molecule has 0 amide bonds. The predicted octanol–water partition coefficient (Wildman–Crippen LogP) is 3.61. The van der Waals surface area contributed by atoms with Crippen molar-refractivity contribution < 1.29 is 14.2 Å². The topological polar surface area (TPSA) is 58.1 Å². The number of aliphatic hydroxyl groups excluding tert-OH is 1. The molecule has 0 fully saturated rings. The van der Waals surface area contributed by atoms with Crippen LogP contribution < -0.4 is 4.74 Å². The van der Waals surface area contributed by atoms with Gasteiger partial charge in [0.25, 0.3) is 0 Å². The van der Waals surface area contributed by atoms with E-state index in [-0.39, 0.29) is 5.75 Å². The first kappa shape index (κ1) is 15.2. The molecule has 118 valence electrons. The molecule has 5 heteroatoms. The number of methoxy groups -OCH3 is 1. The van der Waals surface area contributed by atoms with Crippen molar-refractivity contribution in [3.05, 3.63) is 71.4 Å². The molecule has 3 aromatic rings. The fourth-order valence-corrected chi connectivity index (χ4v) is 2.50. The molecule has 1 heterocycles. The first-order chi connectivity index (χ1) is 11.1. The van der Waals surface area contributed by atoms with E-state index in [1.54, 1.807) is 12.3 Å². The number of nitrogens with one attached hydrogen (secondary N) is 1. The van der Waals surface area contributed by atoms with Crippen LogP contribution in [0.2, 0.25) is 0 Å². The second-order valence-electron chi connectivity index (χ2n) is 5.29. The van der Waals surface area contributed by atoms with E-state index in [0.29, 0.717) is 11.4 Å². The molecule has 0 saturated carbocycles. The van der Waals surface area contributed by atoms with Gasteiger partial charge in [-0.05, 0) is 30.2 Å². The number of aromatic amines is 1. The van der Waals surface area contributed by atoms with Gasteiger partial charge in [0.05, 0.1) is 19.0 Å². The van der Waals surface area contributed by atoms with Gasteiger partial charge < -0.3 is 14.8 Å². The molecule has 1 atom stereocenters. The van der Waals surface area contributed by atoms with Gasteiger partial charge in [-0.25, -0.2) is 9.37 Å². The van der Waals surface area contributed by atoms with Crippen LogP contribution in [0, 0.1) is 12.7 Å². The maximum atomic E-state index is 13.8. The van der Waals surface area contributed by atoms with Gasteiger partial charge in [0, 0.05) is 5.56 Å². The highest BCUT2D eigenvalue weighted by atomic mass is 19.1. The molecule has 1 unspecified atom stereocenters. The minimum absolute atomic E-state index is 0.140. The molecule has 0 radical (unpaired) electrons. The quantitative estimate of drug-likeness (QED) is 0.773. The number of H-pyrrole nitrogens is 1. The van der Waals surface area contributed by atoms with Crippen LogP contribution in [-0.4, -0.2) is 22.2 Å². The lowest BCUT2D eigenvalue weighted by molar-refractivity contribution is 0.210. The number of aliphatic hydroxyl groups is 1. The average molecular weight is 312 g/mol. The van der Waals surface area contributed by atoms with Crippen LogP contribution in [0.3, 0.4) is 0 Å². The number of imidazole rings is 1. The van der Waals surface area contributed by atoms with Crippen molar-refractivity contribution in [2.75, 3.05) is 7.11 Å². The van der Waals surface area contributed by atoms with Gasteiger partial charge in [-0.15, -0.1) is 0 Å². The second-order valence-corrected chi connectivity index (χ2v) is 5.29. The average Bonchev–Trinajstić information content (AvgIpc) is 3.04. The molecule has 1 aromatic heterocycles. The third-order valence-electron chi connectivity index (χ3n) is 3.78. The van der Waals surface area contributed by atoms with Crippen molar-refractivity contribution >= 4 is 0 Å². The number of hydrogen-bond donors (Lipinski definition) is 2. The van der Waals surface area contributed by atoms with Crippen LogP contribution >= 0.6 is 0 Å². The van der Waals surface area contributed by atoms with Crippen molar-refractivity contribution in [1.82, 2.24) is 9.97 Å². The van der Waals surface area contributed by atoms with Gasteiger partial charge in [0.2, 0.25) is 0 Å². The lowest BCUT2D eigenvalue weighted by atomic mass is 10.1. The molecule has 3 rings (SSSR count). The van der Waals surface area contributed by atoms with Crippen LogP contribution in [0.1, 0.15) is 23.1 Å². The lowest BCUT2D eigenvalue weighted by Crippen LogP contribution is -2.03. The number of hydrogen-bond acceptors (Lipinski definition) is 3. The number of rotatable bonds is 4. The lowest BCUT2D eigenvalue weighted by Gasteiger charge is -2.10. The monoisotopic (exact) mass is 312 g/mol. The van der Waals surface area contributed by atoms with Crippen LogP contribution in [0.5, 0.6) is 5.75 Å². The summed E-state index contributed by atoms with van der Waals surface area (Å²) in [7, 11) is 1.40. The highest BCUT2D eigenvalue weighted by Gasteiger charge is 2.17. The van der Waals surface area contributed by atoms with Crippen LogP contribution in [-0.2, 0) is 0 Å². The van der Waals surface area contributed by atoms with Gasteiger partial charge in [-0.2, -0.15) is 0 Å². The van der Waals surface area contributed by atoms with E-state index < -0.39 is 11.9 Å². The van der Waals surface area contributed by atoms with Crippen LogP contribution in [0.25, 0.3) is 11.3 Å². The van der Waals surface area contributed by atoms with Gasteiger partial charge in [0.15, 0.2) is 11.6 Å². The molecule has 2 aromatic carbocycles. The van der Waals surface area contributed by atoms with Crippen LogP contribution in [0.15, 0.2) is 48.7 Å². The van der Waals surface area contributed by atoms with Crippen molar-refractivity contribution in [2.24, 2.45) is 0 Å². The Kier molecular flexibility index (Phi) is 4.12. The Balaban J connectivity index is 1.91. The van der Waals surface area contributed by atoms with E-state index in [0.717, 1.165) is 16.8 Å². The Hall–Kier alpha value is -2.66. The maximum Gasteiger partial charge on any atom is 0.165 e. The summed E-state index contributed by atoms with van der Waals surface area (Å²) >= 11 is 0. The van der Waals surface area contributed by atoms with Crippen molar-refractivity contribution in [2.45, 2.75) is 13.0 Å². The number of aromatic nitrogens is 2. The first-order valence-electron chi connectivity index (χ1n) is 7.22. The molecule has 0 aliphatic rings. The number of aryl methyl sites for hydroxylation is 1. The number of ether oxygens (including phenoxy) is 1.